The molecule has 11 heteroatoms. The number of fused-ring (bicyclic) bond motifs is 1. The van der Waals surface area contributed by atoms with E-state index in [4.69, 9.17) is 14.2 Å². The molecule has 2 aliphatic rings. The predicted octanol–water partition coefficient (Wildman–Crippen LogP) is 5.70. The van der Waals surface area contributed by atoms with Crippen molar-refractivity contribution in [3.8, 4) is 28.5 Å². The zero-order valence-corrected chi connectivity index (χ0v) is 21.0. The number of benzene rings is 1. The number of hydrogen-bond acceptors (Lipinski definition) is 6. The van der Waals surface area contributed by atoms with Gasteiger partial charge in [-0.05, 0) is 37.0 Å². The van der Waals surface area contributed by atoms with Crippen LogP contribution in [0.15, 0.2) is 36.7 Å². The molecular formula is C27H29F4N3O4. The van der Waals surface area contributed by atoms with Gasteiger partial charge in [0.1, 0.15) is 35.1 Å². The first kappa shape index (κ1) is 26.3. The fourth-order valence-corrected chi connectivity index (χ4v) is 4.71. The molecule has 0 spiro atoms. The van der Waals surface area contributed by atoms with Crippen molar-refractivity contribution in [3.05, 3.63) is 42.2 Å². The maximum Gasteiger partial charge on any atom is 0.387 e. The van der Waals surface area contributed by atoms with Crippen molar-refractivity contribution in [2.24, 2.45) is 5.92 Å². The van der Waals surface area contributed by atoms with Crippen LogP contribution in [0, 0.1) is 5.92 Å². The number of imidazole rings is 1. The van der Waals surface area contributed by atoms with E-state index in [2.05, 4.69) is 4.98 Å². The van der Waals surface area contributed by atoms with E-state index in [0.29, 0.717) is 48.9 Å². The number of ether oxygens (including phenoxy) is 3. The molecule has 0 atom stereocenters. The van der Waals surface area contributed by atoms with Gasteiger partial charge < -0.3 is 14.2 Å². The standard InChI is InChI=1S/C27H29F4N3O4/c1-36-22-13-18(14-23(38-26(28)29)25(22)21(35)12-17-2-3-17)20-16-32-24-15-19(4-7-34(20)24)37-11-10-33-8-5-27(30,31)6-9-33/h4,7,13-17,26H,2-3,5-6,8-12H2,1H3. The van der Waals surface area contributed by atoms with Gasteiger partial charge in [-0.3, -0.25) is 14.1 Å². The Kier molecular flexibility index (Phi) is 7.47. The van der Waals surface area contributed by atoms with E-state index in [1.165, 1.54) is 13.2 Å². The summed E-state index contributed by atoms with van der Waals surface area (Å²) >= 11 is 0. The van der Waals surface area contributed by atoms with E-state index in [1.807, 2.05) is 4.90 Å². The van der Waals surface area contributed by atoms with Gasteiger partial charge in [0.25, 0.3) is 5.92 Å². The Morgan fingerprint density at radius 1 is 1.16 bits per heavy atom. The Bertz CT molecular complexity index is 1300. The molecule has 0 radical (unpaired) electrons. The van der Waals surface area contributed by atoms with Gasteiger partial charge in [0, 0.05) is 56.7 Å². The fourth-order valence-electron chi connectivity index (χ4n) is 4.71. The molecule has 38 heavy (non-hydrogen) atoms. The van der Waals surface area contributed by atoms with Crippen LogP contribution in [0.2, 0.25) is 0 Å². The number of nitrogens with zero attached hydrogens (tertiary/aromatic N) is 3. The minimum absolute atomic E-state index is 0.0189. The molecule has 1 aliphatic carbocycles. The molecule has 1 aromatic carbocycles. The third kappa shape index (κ3) is 6.03. The summed E-state index contributed by atoms with van der Waals surface area (Å²) in [7, 11) is 1.38. The van der Waals surface area contributed by atoms with Crippen molar-refractivity contribution in [3.63, 3.8) is 0 Å². The van der Waals surface area contributed by atoms with Crippen molar-refractivity contribution in [2.75, 3.05) is 33.4 Å². The molecule has 3 aromatic rings. The number of aromatic nitrogens is 2. The van der Waals surface area contributed by atoms with Crippen molar-refractivity contribution >= 4 is 11.4 Å². The van der Waals surface area contributed by atoms with Gasteiger partial charge >= 0.3 is 6.61 Å². The van der Waals surface area contributed by atoms with Gasteiger partial charge in [-0.1, -0.05) is 0 Å². The van der Waals surface area contributed by atoms with Gasteiger partial charge in [-0.25, -0.2) is 13.8 Å². The number of ketones is 1. The summed E-state index contributed by atoms with van der Waals surface area (Å²) in [5.74, 6) is -2.10. The van der Waals surface area contributed by atoms with Crippen LogP contribution in [-0.4, -0.2) is 66.0 Å². The average Bonchev–Trinajstić information content (AvgIpc) is 3.59. The van der Waals surface area contributed by atoms with Crippen LogP contribution in [0.1, 0.15) is 42.5 Å². The average molecular weight is 536 g/mol. The second-order valence-electron chi connectivity index (χ2n) is 9.78. The molecule has 0 amide bonds. The number of piperidine rings is 1. The Morgan fingerprint density at radius 3 is 2.58 bits per heavy atom. The zero-order chi connectivity index (χ0) is 26.9. The van der Waals surface area contributed by atoms with Crippen LogP contribution in [0.25, 0.3) is 16.9 Å². The second kappa shape index (κ2) is 10.8. The van der Waals surface area contributed by atoms with Crippen molar-refractivity contribution in [2.45, 2.75) is 44.6 Å². The molecule has 7 nitrogen and oxygen atoms in total. The fraction of sp³-hybridized carbons (Fsp3) is 0.481. The smallest absolute Gasteiger partial charge is 0.387 e. The lowest BCUT2D eigenvalue weighted by Gasteiger charge is -2.31. The summed E-state index contributed by atoms with van der Waals surface area (Å²) in [6.07, 6.45) is 5.20. The van der Waals surface area contributed by atoms with Crippen LogP contribution in [-0.2, 0) is 0 Å². The molecule has 0 unspecified atom stereocenters. The van der Waals surface area contributed by atoms with Gasteiger partial charge in [-0.15, -0.1) is 0 Å². The molecule has 1 aliphatic heterocycles. The summed E-state index contributed by atoms with van der Waals surface area (Å²) in [6.45, 7) is -1.54. The lowest BCUT2D eigenvalue weighted by molar-refractivity contribution is -0.0565. The topological polar surface area (TPSA) is 65.3 Å². The van der Waals surface area contributed by atoms with E-state index in [1.54, 1.807) is 35.0 Å². The number of hydrogen-bond donors (Lipinski definition) is 0. The van der Waals surface area contributed by atoms with Gasteiger partial charge in [0.05, 0.1) is 19.0 Å². The highest BCUT2D eigenvalue weighted by molar-refractivity contribution is 6.02. The summed E-state index contributed by atoms with van der Waals surface area (Å²) in [5, 5.41) is 0. The SMILES string of the molecule is COc1cc(-c2cnc3cc(OCCN4CCC(F)(F)CC4)ccn23)cc(OC(F)F)c1C(=O)CC1CC1. The Balaban J connectivity index is 1.34. The van der Waals surface area contributed by atoms with Crippen LogP contribution in [0.3, 0.4) is 0 Å². The first-order valence-corrected chi connectivity index (χ1v) is 12.6. The quantitative estimate of drug-likeness (QED) is 0.232. The minimum Gasteiger partial charge on any atom is -0.496 e. The highest BCUT2D eigenvalue weighted by Gasteiger charge is 2.34. The first-order valence-electron chi connectivity index (χ1n) is 12.6. The van der Waals surface area contributed by atoms with Crippen LogP contribution in [0.5, 0.6) is 17.2 Å². The number of alkyl halides is 4. The second-order valence-corrected chi connectivity index (χ2v) is 9.78. The number of pyridine rings is 1. The number of rotatable bonds is 11. The van der Waals surface area contributed by atoms with Crippen LogP contribution < -0.4 is 14.2 Å². The van der Waals surface area contributed by atoms with Crippen LogP contribution in [0.4, 0.5) is 17.6 Å². The van der Waals surface area contributed by atoms with E-state index in [9.17, 15) is 22.4 Å². The molecular weight excluding hydrogens is 506 g/mol. The number of likely N-dealkylation sites (tertiary alicyclic amines) is 1. The molecule has 5 rings (SSSR count). The number of halogens is 4. The van der Waals surface area contributed by atoms with E-state index in [-0.39, 0.29) is 48.0 Å². The van der Waals surface area contributed by atoms with Gasteiger partial charge in [-0.2, -0.15) is 8.78 Å². The maximum absolute atomic E-state index is 13.3. The van der Waals surface area contributed by atoms with E-state index >= 15 is 0 Å². The molecule has 2 fully saturated rings. The molecule has 1 saturated carbocycles. The van der Waals surface area contributed by atoms with Gasteiger partial charge in [0.2, 0.25) is 0 Å². The minimum atomic E-state index is -3.11. The highest BCUT2D eigenvalue weighted by atomic mass is 19.3. The first-order chi connectivity index (χ1) is 18.2. The Labute approximate surface area is 217 Å². The largest absolute Gasteiger partial charge is 0.496 e. The van der Waals surface area contributed by atoms with Crippen LogP contribution >= 0.6 is 0 Å². The van der Waals surface area contributed by atoms with E-state index in [0.717, 1.165) is 12.8 Å². The van der Waals surface area contributed by atoms with E-state index < -0.39 is 12.5 Å². The molecule has 3 heterocycles. The Hall–Kier alpha value is -3.34. The molecule has 0 bridgehead atoms. The summed E-state index contributed by atoms with van der Waals surface area (Å²) in [6, 6.07) is 6.50. The normalized spacial score (nSPS) is 17.6. The number of carbonyl (C=O) groups excluding carboxylic acids is 1. The predicted molar refractivity (Wildman–Crippen MR) is 132 cm³/mol. The summed E-state index contributed by atoms with van der Waals surface area (Å²) in [4.78, 5) is 19.2. The summed E-state index contributed by atoms with van der Waals surface area (Å²) in [5.41, 5.74) is 1.65. The molecule has 204 valence electrons. The van der Waals surface area contributed by atoms with Gasteiger partial charge in [0.15, 0.2) is 5.78 Å². The third-order valence-corrected chi connectivity index (χ3v) is 7.00. The molecule has 1 saturated heterocycles. The molecule has 0 N–H and O–H groups in total. The number of methoxy groups -OCH3 is 1. The monoisotopic (exact) mass is 535 g/mol. The van der Waals surface area contributed by atoms with Crippen molar-refractivity contribution in [1.82, 2.24) is 14.3 Å². The number of carbonyl (C=O) groups is 1. The number of Topliss-reactive ketones (excluding diaryl/α,β-unsaturated/α-hetero) is 1. The lowest BCUT2D eigenvalue weighted by Crippen LogP contribution is -2.41. The van der Waals surface area contributed by atoms with Crippen molar-refractivity contribution < 1.29 is 36.6 Å². The molecule has 2 aromatic heterocycles. The van der Waals surface area contributed by atoms with Crippen molar-refractivity contribution in [1.29, 1.82) is 0 Å². The Morgan fingerprint density at radius 2 is 1.89 bits per heavy atom. The maximum atomic E-state index is 13.3. The highest BCUT2D eigenvalue weighted by Crippen LogP contribution is 2.40. The summed E-state index contributed by atoms with van der Waals surface area (Å²) < 4.78 is 70.9. The third-order valence-electron chi connectivity index (χ3n) is 7.00. The lowest BCUT2D eigenvalue weighted by atomic mass is 10.00. The zero-order valence-electron chi connectivity index (χ0n) is 21.0.